The Labute approximate surface area is 146 Å². The molecule has 1 atom stereocenters. The van der Waals surface area contributed by atoms with Gasteiger partial charge in [0.25, 0.3) is 5.91 Å². The lowest BCUT2D eigenvalue weighted by Gasteiger charge is -2.32. The van der Waals surface area contributed by atoms with E-state index in [0.29, 0.717) is 13.1 Å². The highest BCUT2D eigenvalue weighted by Gasteiger charge is 2.25. The number of nitrogens with two attached hydrogens (primary N) is 1. The lowest BCUT2D eigenvalue weighted by molar-refractivity contribution is -0.132. The third-order valence-corrected chi connectivity index (χ3v) is 4.55. The van der Waals surface area contributed by atoms with E-state index in [1.165, 1.54) is 0 Å². The molecule has 2 aromatic heterocycles. The molecule has 0 aromatic carbocycles. The van der Waals surface area contributed by atoms with Gasteiger partial charge in [0.15, 0.2) is 0 Å². The van der Waals surface area contributed by atoms with Crippen molar-refractivity contribution >= 4 is 11.8 Å². The molecule has 3 heterocycles. The van der Waals surface area contributed by atoms with E-state index >= 15 is 0 Å². The fourth-order valence-corrected chi connectivity index (χ4v) is 3.16. The van der Waals surface area contributed by atoms with Crippen molar-refractivity contribution in [1.29, 1.82) is 0 Å². The third-order valence-electron chi connectivity index (χ3n) is 4.55. The Morgan fingerprint density at radius 1 is 1.52 bits per heavy atom. The largest absolute Gasteiger partial charge is 0.467 e. The number of carbonyl (C=O) groups is 2. The molecule has 0 bridgehead atoms. The summed E-state index contributed by atoms with van der Waals surface area (Å²) in [5.41, 5.74) is 6.40. The Balaban J connectivity index is 1.55. The van der Waals surface area contributed by atoms with E-state index in [1.54, 1.807) is 24.3 Å². The summed E-state index contributed by atoms with van der Waals surface area (Å²) in [4.78, 5) is 27.4. The van der Waals surface area contributed by atoms with Gasteiger partial charge in [0.05, 0.1) is 19.4 Å². The average molecular weight is 345 g/mol. The van der Waals surface area contributed by atoms with Gasteiger partial charge >= 0.3 is 0 Å². The third kappa shape index (κ3) is 4.27. The number of rotatable bonds is 6. The van der Waals surface area contributed by atoms with Gasteiger partial charge in [0, 0.05) is 25.2 Å². The van der Waals surface area contributed by atoms with Gasteiger partial charge in [0.2, 0.25) is 5.91 Å². The highest BCUT2D eigenvalue weighted by molar-refractivity contribution is 5.90. The van der Waals surface area contributed by atoms with E-state index in [0.717, 1.165) is 37.4 Å². The molecule has 1 saturated heterocycles. The number of nitrogens with zero attached hydrogens (tertiary/aromatic N) is 3. The fraction of sp³-hybridized carbons (Fsp3) is 0.471. The van der Waals surface area contributed by atoms with Crippen molar-refractivity contribution < 1.29 is 14.0 Å². The average Bonchev–Trinajstić information content (AvgIpc) is 3.26. The second-order valence-electron chi connectivity index (χ2n) is 6.48. The molecule has 2 aromatic rings. The van der Waals surface area contributed by atoms with Crippen LogP contribution in [0.15, 0.2) is 28.9 Å². The van der Waals surface area contributed by atoms with E-state index in [-0.39, 0.29) is 17.5 Å². The van der Waals surface area contributed by atoms with Crippen LogP contribution in [0.3, 0.4) is 0 Å². The zero-order valence-corrected chi connectivity index (χ0v) is 14.3. The molecule has 0 spiro atoms. The van der Waals surface area contributed by atoms with Gasteiger partial charge in [-0.3, -0.25) is 19.6 Å². The summed E-state index contributed by atoms with van der Waals surface area (Å²) in [5, 5.41) is 6.84. The Bertz CT molecular complexity index is 724. The number of H-pyrrole nitrogens is 1. The van der Waals surface area contributed by atoms with Crippen LogP contribution in [0.5, 0.6) is 0 Å². The van der Waals surface area contributed by atoms with Crippen molar-refractivity contribution in [3.63, 3.8) is 0 Å². The zero-order valence-electron chi connectivity index (χ0n) is 14.3. The summed E-state index contributed by atoms with van der Waals surface area (Å²) in [6.45, 7) is 2.46. The summed E-state index contributed by atoms with van der Waals surface area (Å²) >= 11 is 0. The van der Waals surface area contributed by atoms with E-state index in [4.69, 9.17) is 10.2 Å². The van der Waals surface area contributed by atoms with Gasteiger partial charge < -0.3 is 15.1 Å². The van der Waals surface area contributed by atoms with Crippen LogP contribution in [0.1, 0.15) is 40.7 Å². The number of primary amides is 1. The van der Waals surface area contributed by atoms with Crippen LogP contribution < -0.4 is 5.73 Å². The number of carbonyl (C=O) groups excluding carboxylic acids is 2. The summed E-state index contributed by atoms with van der Waals surface area (Å²) < 4.78 is 5.28. The quantitative estimate of drug-likeness (QED) is 0.810. The molecule has 0 aliphatic carbocycles. The molecule has 134 valence electrons. The minimum Gasteiger partial charge on any atom is -0.467 e. The van der Waals surface area contributed by atoms with Gasteiger partial charge in [0.1, 0.15) is 11.5 Å². The molecule has 1 aliphatic rings. The lowest BCUT2D eigenvalue weighted by atomic mass is 9.94. The predicted molar refractivity (Wildman–Crippen MR) is 90.7 cm³/mol. The number of piperidine rings is 1. The maximum atomic E-state index is 12.4. The maximum absolute atomic E-state index is 12.4. The first kappa shape index (κ1) is 17.2. The minimum atomic E-state index is -0.537. The number of likely N-dealkylation sites (N-methyl/N-ethyl adjacent to an activating group) is 1. The number of nitrogens with one attached hydrogen (secondary N) is 1. The second kappa shape index (κ2) is 7.52. The minimum absolute atomic E-state index is 0.0551. The summed E-state index contributed by atoms with van der Waals surface area (Å²) in [5.74, 6) is 0.505. The molecule has 3 rings (SSSR count). The summed E-state index contributed by atoms with van der Waals surface area (Å²) in [6.07, 6.45) is 3.59. The molecule has 0 unspecified atom stereocenters. The smallest absolute Gasteiger partial charge is 0.269 e. The van der Waals surface area contributed by atoms with Crippen molar-refractivity contribution in [2.24, 2.45) is 5.73 Å². The van der Waals surface area contributed by atoms with Crippen molar-refractivity contribution in [3.05, 3.63) is 41.6 Å². The highest BCUT2D eigenvalue weighted by atomic mass is 16.3. The first-order valence-corrected chi connectivity index (χ1v) is 8.36. The molecule has 8 heteroatoms. The zero-order chi connectivity index (χ0) is 17.8. The van der Waals surface area contributed by atoms with Crippen LogP contribution in [0.4, 0.5) is 0 Å². The monoisotopic (exact) mass is 345 g/mol. The molecule has 0 saturated carbocycles. The molecule has 1 aliphatic heterocycles. The predicted octanol–water partition coefficient (Wildman–Crippen LogP) is 0.940. The molecular weight excluding hydrogens is 322 g/mol. The van der Waals surface area contributed by atoms with Gasteiger partial charge in [-0.05, 0) is 37.6 Å². The Morgan fingerprint density at radius 2 is 2.36 bits per heavy atom. The van der Waals surface area contributed by atoms with Crippen molar-refractivity contribution in [2.45, 2.75) is 25.3 Å². The Morgan fingerprint density at radius 3 is 3.04 bits per heavy atom. The van der Waals surface area contributed by atoms with Crippen LogP contribution >= 0.6 is 0 Å². The van der Waals surface area contributed by atoms with Gasteiger partial charge in [-0.25, -0.2) is 0 Å². The SMILES string of the molecule is CN(Cc1ccco1)C(=O)CN1CCC[C@H](c2cc(C(N)=O)n[nH]2)C1. The first-order valence-electron chi connectivity index (χ1n) is 8.36. The standard InChI is InChI=1S/C17H23N5O3/c1-21(10-13-5-3-7-25-13)16(23)11-22-6-2-4-12(9-22)14-8-15(17(18)24)20-19-14/h3,5,7-8,12H,2,4,6,9-11H2,1H3,(H2,18,24)(H,19,20)/t12-/m0/s1. The topological polar surface area (TPSA) is 108 Å². The molecule has 0 radical (unpaired) electrons. The van der Waals surface area contributed by atoms with Gasteiger partial charge in [-0.15, -0.1) is 0 Å². The molecule has 25 heavy (non-hydrogen) atoms. The fourth-order valence-electron chi connectivity index (χ4n) is 3.16. The molecular formula is C17H23N5O3. The van der Waals surface area contributed by atoms with Crippen LogP contribution in [-0.4, -0.2) is 58.5 Å². The number of furan rings is 1. The van der Waals surface area contributed by atoms with Gasteiger partial charge in [-0.1, -0.05) is 0 Å². The van der Waals surface area contributed by atoms with Crippen LogP contribution in [0, 0.1) is 0 Å². The number of amides is 2. The van der Waals surface area contributed by atoms with Crippen LogP contribution in [0.25, 0.3) is 0 Å². The number of hydrogen-bond acceptors (Lipinski definition) is 5. The van der Waals surface area contributed by atoms with E-state index < -0.39 is 5.91 Å². The van der Waals surface area contributed by atoms with Crippen molar-refractivity contribution in [1.82, 2.24) is 20.0 Å². The van der Waals surface area contributed by atoms with Gasteiger partial charge in [-0.2, -0.15) is 5.10 Å². The van der Waals surface area contributed by atoms with Crippen LogP contribution in [-0.2, 0) is 11.3 Å². The Kier molecular flexibility index (Phi) is 5.18. The molecule has 1 fully saturated rings. The Hall–Kier alpha value is -2.61. The number of aromatic nitrogens is 2. The van der Waals surface area contributed by atoms with Crippen LogP contribution in [0.2, 0.25) is 0 Å². The molecule has 2 amide bonds. The normalized spacial score (nSPS) is 18.2. The van der Waals surface area contributed by atoms with Crippen molar-refractivity contribution in [3.8, 4) is 0 Å². The lowest BCUT2D eigenvalue weighted by Crippen LogP contribution is -2.42. The summed E-state index contributed by atoms with van der Waals surface area (Å²) in [7, 11) is 1.78. The molecule has 8 nitrogen and oxygen atoms in total. The number of hydrogen-bond donors (Lipinski definition) is 2. The molecule has 3 N–H and O–H groups in total. The first-order chi connectivity index (χ1) is 12.0. The summed E-state index contributed by atoms with van der Waals surface area (Å²) in [6, 6.07) is 5.38. The maximum Gasteiger partial charge on any atom is 0.269 e. The highest BCUT2D eigenvalue weighted by Crippen LogP contribution is 2.25. The number of aromatic amines is 1. The second-order valence-corrected chi connectivity index (χ2v) is 6.48. The van der Waals surface area contributed by atoms with Crippen molar-refractivity contribution in [2.75, 3.05) is 26.7 Å². The van der Waals surface area contributed by atoms with E-state index in [2.05, 4.69) is 15.1 Å². The van der Waals surface area contributed by atoms with E-state index in [9.17, 15) is 9.59 Å². The number of likely N-dealkylation sites (tertiary alicyclic amines) is 1. The van der Waals surface area contributed by atoms with E-state index in [1.807, 2.05) is 12.1 Å².